The molecule has 5 heteroatoms. The van der Waals surface area contributed by atoms with E-state index in [9.17, 15) is 0 Å². The van der Waals surface area contributed by atoms with Crippen LogP contribution in [0.2, 0.25) is 10.0 Å². The highest BCUT2D eigenvalue weighted by Crippen LogP contribution is 2.28. The smallest absolute Gasteiger partial charge is 0.159 e. The molecule has 21 heavy (non-hydrogen) atoms. The van der Waals surface area contributed by atoms with Crippen LogP contribution in [0.25, 0.3) is 0 Å². The van der Waals surface area contributed by atoms with E-state index in [1.165, 1.54) is 22.9 Å². The molecule has 0 saturated carbocycles. The summed E-state index contributed by atoms with van der Waals surface area (Å²) in [5.74, 6) is 0.596. The monoisotopic (exact) mass is 338 g/mol. The number of nitrogens with zero attached hydrogens (tertiary/aromatic N) is 1. The van der Waals surface area contributed by atoms with Gasteiger partial charge in [-0.25, -0.2) is 4.99 Å². The second-order valence-electron chi connectivity index (χ2n) is 4.71. The maximum absolute atomic E-state index is 6.13. The summed E-state index contributed by atoms with van der Waals surface area (Å²) in [6.07, 6.45) is 0. The second kappa shape index (κ2) is 7.21. The number of nitrogens with two attached hydrogens (primary N) is 1. The molecule has 0 amide bonds. The molecule has 110 valence electrons. The fraction of sp³-hybridized carbons (Fsp3) is 0.188. The largest absolute Gasteiger partial charge is 0.378 e. The Labute approximate surface area is 139 Å². The number of thioether (sulfide) groups is 1. The van der Waals surface area contributed by atoms with Gasteiger partial charge < -0.3 is 5.73 Å². The van der Waals surface area contributed by atoms with E-state index < -0.39 is 0 Å². The molecule has 0 unspecified atom stereocenters. The van der Waals surface area contributed by atoms with E-state index in [1.54, 1.807) is 0 Å². The van der Waals surface area contributed by atoms with Crippen LogP contribution in [0, 0.1) is 13.8 Å². The number of benzene rings is 2. The van der Waals surface area contributed by atoms with Gasteiger partial charge in [0, 0.05) is 15.8 Å². The van der Waals surface area contributed by atoms with Gasteiger partial charge in [-0.3, -0.25) is 0 Å². The molecular formula is C16H16Cl2N2S. The normalized spacial score (nSPS) is 11.7. The lowest BCUT2D eigenvalue weighted by molar-refractivity contribution is 1.32. The molecule has 0 aliphatic rings. The van der Waals surface area contributed by atoms with E-state index in [-0.39, 0.29) is 0 Å². The SMILES string of the molecule is Cc1ccc(N=C(N)SCc2c(Cl)cccc2Cl)cc1C. The molecule has 2 nitrogen and oxygen atoms in total. The van der Waals surface area contributed by atoms with Crippen molar-refractivity contribution in [1.29, 1.82) is 0 Å². The van der Waals surface area contributed by atoms with Gasteiger partial charge in [-0.15, -0.1) is 0 Å². The summed E-state index contributed by atoms with van der Waals surface area (Å²) in [7, 11) is 0. The first-order valence-electron chi connectivity index (χ1n) is 6.44. The van der Waals surface area contributed by atoms with Gasteiger partial charge in [0.1, 0.15) is 0 Å². The van der Waals surface area contributed by atoms with Gasteiger partial charge in [0.05, 0.1) is 5.69 Å². The molecule has 2 N–H and O–H groups in total. The molecule has 0 heterocycles. The third-order valence-corrected chi connectivity index (χ3v) is 4.68. The standard InChI is InChI=1S/C16H16Cl2N2S/c1-10-6-7-12(8-11(10)2)20-16(19)21-9-13-14(17)4-3-5-15(13)18/h3-8H,9H2,1-2H3,(H2,19,20). The maximum Gasteiger partial charge on any atom is 0.159 e. The number of amidine groups is 1. The van der Waals surface area contributed by atoms with Crippen LogP contribution in [0.1, 0.15) is 16.7 Å². The van der Waals surface area contributed by atoms with Crippen LogP contribution in [0.5, 0.6) is 0 Å². The van der Waals surface area contributed by atoms with Gasteiger partial charge in [0.2, 0.25) is 0 Å². The summed E-state index contributed by atoms with van der Waals surface area (Å²) in [4.78, 5) is 4.41. The summed E-state index contributed by atoms with van der Waals surface area (Å²) >= 11 is 13.7. The van der Waals surface area contributed by atoms with Crippen molar-refractivity contribution < 1.29 is 0 Å². The summed E-state index contributed by atoms with van der Waals surface area (Å²) < 4.78 is 0. The van der Waals surface area contributed by atoms with Crippen LogP contribution in [0.15, 0.2) is 41.4 Å². The Morgan fingerprint density at radius 1 is 1.10 bits per heavy atom. The van der Waals surface area contributed by atoms with Gasteiger partial charge >= 0.3 is 0 Å². The van der Waals surface area contributed by atoms with Crippen LogP contribution in [-0.2, 0) is 5.75 Å². The number of rotatable bonds is 3. The highest BCUT2D eigenvalue weighted by atomic mass is 35.5. The van der Waals surface area contributed by atoms with Crippen LogP contribution in [0.4, 0.5) is 5.69 Å². The second-order valence-corrected chi connectivity index (χ2v) is 6.52. The first kappa shape index (κ1) is 16.2. The summed E-state index contributed by atoms with van der Waals surface area (Å²) in [6.45, 7) is 4.13. The zero-order valence-corrected chi connectivity index (χ0v) is 14.2. The van der Waals surface area contributed by atoms with Crippen LogP contribution < -0.4 is 5.73 Å². The van der Waals surface area contributed by atoms with Crippen molar-refractivity contribution >= 4 is 45.8 Å². The maximum atomic E-state index is 6.13. The highest BCUT2D eigenvalue weighted by Gasteiger charge is 2.06. The summed E-state index contributed by atoms with van der Waals surface area (Å²) in [5, 5.41) is 1.79. The minimum Gasteiger partial charge on any atom is -0.378 e. The predicted molar refractivity (Wildman–Crippen MR) is 95.0 cm³/mol. The van der Waals surface area contributed by atoms with Crippen molar-refractivity contribution in [1.82, 2.24) is 0 Å². The first-order valence-corrected chi connectivity index (χ1v) is 8.18. The average molecular weight is 339 g/mol. The lowest BCUT2D eigenvalue weighted by Crippen LogP contribution is -2.06. The van der Waals surface area contributed by atoms with Gasteiger partial charge in [-0.1, -0.05) is 47.1 Å². The van der Waals surface area contributed by atoms with Gasteiger partial charge in [-0.05, 0) is 54.8 Å². The van der Waals surface area contributed by atoms with Gasteiger partial charge in [-0.2, -0.15) is 0 Å². The molecule has 0 aromatic heterocycles. The molecule has 2 aromatic rings. The Balaban J connectivity index is 2.09. The van der Waals surface area contributed by atoms with Crippen LogP contribution in [-0.4, -0.2) is 5.17 Å². The minimum atomic E-state index is 0.495. The Bertz CT molecular complexity index is 664. The Hall–Kier alpha value is -1.16. The average Bonchev–Trinajstić information content (AvgIpc) is 2.42. The predicted octanol–water partition coefficient (Wildman–Crippen LogP) is 5.49. The third-order valence-electron chi connectivity index (χ3n) is 3.16. The summed E-state index contributed by atoms with van der Waals surface area (Å²) in [6, 6.07) is 11.5. The minimum absolute atomic E-state index is 0.495. The first-order chi connectivity index (χ1) is 9.97. The van der Waals surface area contributed by atoms with Gasteiger partial charge in [0.15, 0.2) is 5.17 Å². The fourth-order valence-corrected chi connectivity index (χ4v) is 3.23. The number of aryl methyl sites for hydroxylation is 2. The highest BCUT2D eigenvalue weighted by molar-refractivity contribution is 8.13. The molecule has 2 rings (SSSR count). The zero-order valence-electron chi connectivity index (χ0n) is 11.9. The molecule has 0 aliphatic heterocycles. The van der Waals surface area contributed by atoms with E-state index in [0.29, 0.717) is 21.0 Å². The topological polar surface area (TPSA) is 38.4 Å². The molecule has 0 aliphatic carbocycles. The lowest BCUT2D eigenvalue weighted by Gasteiger charge is -2.06. The molecule has 0 fully saturated rings. The lowest BCUT2D eigenvalue weighted by atomic mass is 10.1. The zero-order chi connectivity index (χ0) is 15.4. The molecule has 2 aromatic carbocycles. The Kier molecular flexibility index (Phi) is 5.57. The fourth-order valence-electron chi connectivity index (χ4n) is 1.77. The van der Waals surface area contributed by atoms with E-state index in [0.717, 1.165) is 11.3 Å². The van der Waals surface area contributed by atoms with Crippen LogP contribution >= 0.6 is 35.0 Å². The van der Waals surface area contributed by atoms with Crippen molar-refractivity contribution in [2.24, 2.45) is 10.7 Å². The van der Waals surface area contributed by atoms with E-state index >= 15 is 0 Å². The molecule has 0 atom stereocenters. The van der Waals surface area contributed by atoms with Crippen molar-refractivity contribution in [3.63, 3.8) is 0 Å². The molecule has 0 saturated heterocycles. The van der Waals surface area contributed by atoms with Crippen molar-refractivity contribution in [2.75, 3.05) is 0 Å². The van der Waals surface area contributed by atoms with Crippen molar-refractivity contribution in [2.45, 2.75) is 19.6 Å². The number of hydrogen-bond donors (Lipinski definition) is 1. The van der Waals surface area contributed by atoms with Crippen molar-refractivity contribution in [3.05, 3.63) is 63.1 Å². The molecule has 0 radical (unpaired) electrons. The Morgan fingerprint density at radius 3 is 2.38 bits per heavy atom. The number of hydrogen-bond acceptors (Lipinski definition) is 2. The molecule has 0 bridgehead atoms. The number of halogens is 2. The van der Waals surface area contributed by atoms with E-state index in [1.807, 2.05) is 36.4 Å². The Morgan fingerprint density at radius 2 is 1.76 bits per heavy atom. The quantitative estimate of drug-likeness (QED) is 0.593. The van der Waals surface area contributed by atoms with Crippen LogP contribution in [0.3, 0.4) is 0 Å². The van der Waals surface area contributed by atoms with Gasteiger partial charge in [0.25, 0.3) is 0 Å². The van der Waals surface area contributed by atoms with Crippen molar-refractivity contribution in [3.8, 4) is 0 Å². The third kappa shape index (κ3) is 4.40. The van der Waals surface area contributed by atoms with E-state index in [4.69, 9.17) is 28.9 Å². The van der Waals surface area contributed by atoms with E-state index in [2.05, 4.69) is 18.8 Å². The summed E-state index contributed by atoms with van der Waals surface area (Å²) in [5.41, 5.74) is 10.1. The molecule has 0 spiro atoms. The molecular weight excluding hydrogens is 323 g/mol. The number of aliphatic imine (C=N–C) groups is 1.